The van der Waals surface area contributed by atoms with Gasteiger partial charge in [-0.25, -0.2) is 0 Å². The van der Waals surface area contributed by atoms with E-state index in [1.165, 1.54) is 36.2 Å². The number of para-hydroxylation sites is 1. The number of rotatable bonds is 0. The molecular formula is C19H22N2O2. The molecule has 4 aliphatic heterocycles. The molecule has 4 heterocycles. The summed E-state index contributed by atoms with van der Waals surface area (Å²) < 4.78 is 5.75. The van der Waals surface area contributed by atoms with Gasteiger partial charge in [-0.15, -0.1) is 0 Å². The number of fused-ring (bicyclic) bond motifs is 2. The largest absolute Gasteiger partial charge is 0.381 e. The Balaban J connectivity index is 1.59. The van der Waals surface area contributed by atoms with Gasteiger partial charge in [0.2, 0.25) is 0 Å². The predicted octanol–water partition coefficient (Wildman–Crippen LogP) is 1.72. The highest BCUT2D eigenvalue weighted by Crippen LogP contribution is 2.62. The molecule has 1 spiro atoms. The minimum atomic E-state index is -0.662. The van der Waals surface area contributed by atoms with Crippen LogP contribution in [0.2, 0.25) is 0 Å². The van der Waals surface area contributed by atoms with Crippen LogP contribution in [-0.4, -0.2) is 48.1 Å². The summed E-state index contributed by atoms with van der Waals surface area (Å²) in [6.45, 7) is 2.79. The molecular weight excluding hydrogens is 288 g/mol. The number of nitrogens with one attached hydrogen (secondary N) is 1. The highest BCUT2D eigenvalue weighted by Gasteiger charge is 2.66. The Kier molecular flexibility index (Phi) is 2.36. The van der Waals surface area contributed by atoms with Crippen LogP contribution in [0.25, 0.3) is 0 Å². The first kappa shape index (κ1) is 13.0. The second-order valence-electron chi connectivity index (χ2n) is 7.87. The Hall–Kier alpha value is -1.36. The van der Waals surface area contributed by atoms with Crippen LogP contribution in [0.1, 0.15) is 18.4 Å². The van der Waals surface area contributed by atoms with Crippen molar-refractivity contribution < 1.29 is 9.84 Å². The zero-order valence-electron chi connectivity index (χ0n) is 13.1. The Morgan fingerprint density at radius 2 is 2.22 bits per heavy atom. The van der Waals surface area contributed by atoms with Gasteiger partial charge in [0.1, 0.15) is 0 Å². The van der Waals surface area contributed by atoms with Crippen LogP contribution in [-0.2, 0) is 10.2 Å². The van der Waals surface area contributed by atoms with E-state index in [0.717, 1.165) is 6.54 Å². The van der Waals surface area contributed by atoms with Crippen molar-refractivity contribution in [2.45, 2.75) is 36.6 Å². The summed E-state index contributed by atoms with van der Waals surface area (Å²) in [5, 5.41) is 14.6. The highest BCUT2D eigenvalue weighted by molar-refractivity contribution is 5.65. The summed E-state index contributed by atoms with van der Waals surface area (Å²) in [4.78, 5) is 2.69. The molecule has 0 unspecified atom stereocenters. The zero-order chi connectivity index (χ0) is 15.2. The number of piperidine rings is 1. The van der Waals surface area contributed by atoms with E-state index in [1.54, 1.807) is 0 Å². The molecule has 5 aliphatic rings. The van der Waals surface area contributed by atoms with Crippen molar-refractivity contribution in [2.24, 2.45) is 11.8 Å². The number of anilines is 1. The number of aliphatic hydroxyl groups is 1. The molecule has 2 N–H and O–H groups in total. The van der Waals surface area contributed by atoms with Gasteiger partial charge in [0.15, 0.2) is 6.29 Å². The number of benzene rings is 1. The molecule has 3 fully saturated rings. The van der Waals surface area contributed by atoms with Crippen molar-refractivity contribution in [3.05, 3.63) is 41.5 Å². The topological polar surface area (TPSA) is 44.7 Å². The second-order valence-corrected chi connectivity index (χ2v) is 7.87. The molecule has 6 atom stereocenters. The van der Waals surface area contributed by atoms with E-state index in [0.29, 0.717) is 18.6 Å². The van der Waals surface area contributed by atoms with Gasteiger partial charge in [-0.3, -0.25) is 4.90 Å². The molecule has 1 saturated carbocycles. The molecule has 4 heteroatoms. The molecule has 1 aliphatic carbocycles. The Morgan fingerprint density at radius 1 is 1.30 bits per heavy atom. The summed E-state index contributed by atoms with van der Waals surface area (Å²) in [5.74, 6) is 0.624. The molecule has 4 nitrogen and oxygen atoms in total. The van der Waals surface area contributed by atoms with E-state index in [4.69, 9.17) is 4.74 Å². The first-order chi connectivity index (χ1) is 11.3. The van der Waals surface area contributed by atoms with E-state index in [9.17, 15) is 5.11 Å². The standard InChI is InChI=1S/C19H22N2O2/c22-18-16-12-9-15-19(6-7-21(15)10-11(12)5-8-23-18)13-3-1-2-4-14(13)20-17(16)19/h1-5,12,15-18,20,22H,6-10H2/t12-,15-,16+,17-,18-,19+/m0/s1. The quantitative estimate of drug-likeness (QED) is 0.716. The van der Waals surface area contributed by atoms with Crippen molar-refractivity contribution in [1.82, 2.24) is 4.90 Å². The van der Waals surface area contributed by atoms with E-state index in [-0.39, 0.29) is 17.4 Å². The van der Waals surface area contributed by atoms with Crippen molar-refractivity contribution in [2.75, 3.05) is 25.0 Å². The normalized spacial score (nSPS) is 46.5. The van der Waals surface area contributed by atoms with Crippen LogP contribution in [0, 0.1) is 11.8 Å². The number of ether oxygens (including phenoxy) is 1. The van der Waals surface area contributed by atoms with Gasteiger partial charge < -0.3 is 15.2 Å². The maximum atomic E-state index is 10.8. The summed E-state index contributed by atoms with van der Waals surface area (Å²) in [6.07, 6.45) is 3.93. The van der Waals surface area contributed by atoms with E-state index >= 15 is 0 Å². The van der Waals surface area contributed by atoms with Gasteiger partial charge >= 0.3 is 0 Å². The van der Waals surface area contributed by atoms with Gasteiger partial charge in [-0.05, 0) is 36.9 Å². The number of aliphatic hydroxyl groups excluding tert-OH is 1. The maximum Gasteiger partial charge on any atom is 0.160 e. The third-order valence-electron chi connectivity index (χ3n) is 7.27. The van der Waals surface area contributed by atoms with Crippen LogP contribution < -0.4 is 5.32 Å². The van der Waals surface area contributed by atoms with Crippen LogP contribution in [0.4, 0.5) is 5.69 Å². The van der Waals surface area contributed by atoms with Crippen LogP contribution in [0.3, 0.4) is 0 Å². The Bertz CT molecular complexity index is 717. The van der Waals surface area contributed by atoms with Crippen LogP contribution >= 0.6 is 0 Å². The lowest BCUT2D eigenvalue weighted by molar-refractivity contribution is -0.152. The average molecular weight is 310 g/mol. The lowest BCUT2D eigenvalue weighted by atomic mass is 9.55. The minimum absolute atomic E-state index is 0.151. The van der Waals surface area contributed by atoms with Crippen molar-refractivity contribution in [1.29, 1.82) is 0 Å². The van der Waals surface area contributed by atoms with Crippen LogP contribution in [0.5, 0.6) is 0 Å². The first-order valence-corrected chi connectivity index (χ1v) is 8.88. The monoisotopic (exact) mass is 310 g/mol. The third-order valence-corrected chi connectivity index (χ3v) is 7.27. The lowest BCUT2D eigenvalue weighted by Gasteiger charge is -2.55. The van der Waals surface area contributed by atoms with Crippen molar-refractivity contribution in [3.8, 4) is 0 Å². The van der Waals surface area contributed by atoms with Crippen molar-refractivity contribution in [3.63, 3.8) is 0 Å². The van der Waals surface area contributed by atoms with E-state index in [2.05, 4.69) is 40.6 Å². The third kappa shape index (κ3) is 1.40. The second kappa shape index (κ2) is 4.18. The Morgan fingerprint density at radius 3 is 3.17 bits per heavy atom. The lowest BCUT2D eigenvalue weighted by Crippen LogP contribution is -2.64. The van der Waals surface area contributed by atoms with Gasteiger partial charge in [-0.2, -0.15) is 0 Å². The number of hydrogen-bond acceptors (Lipinski definition) is 4. The van der Waals surface area contributed by atoms with Crippen LogP contribution in [0.15, 0.2) is 35.9 Å². The Labute approximate surface area is 136 Å². The number of hydrogen-bond donors (Lipinski definition) is 2. The predicted molar refractivity (Wildman–Crippen MR) is 87.1 cm³/mol. The summed E-state index contributed by atoms with van der Waals surface area (Å²) in [7, 11) is 0. The molecule has 0 radical (unpaired) electrons. The van der Waals surface area contributed by atoms with Gasteiger partial charge in [0, 0.05) is 35.6 Å². The van der Waals surface area contributed by atoms with Crippen molar-refractivity contribution >= 4 is 5.69 Å². The van der Waals surface area contributed by atoms with Gasteiger partial charge in [0.25, 0.3) is 0 Å². The molecule has 0 amide bonds. The van der Waals surface area contributed by atoms with E-state index < -0.39 is 6.29 Å². The fourth-order valence-corrected chi connectivity index (χ4v) is 6.45. The summed E-state index contributed by atoms with van der Waals surface area (Å²) >= 11 is 0. The molecule has 0 aromatic heterocycles. The molecule has 1 aromatic carbocycles. The molecule has 1 aromatic rings. The summed E-state index contributed by atoms with van der Waals surface area (Å²) in [5.41, 5.74) is 4.39. The molecule has 23 heavy (non-hydrogen) atoms. The van der Waals surface area contributed by atoms with Gasteiger partial charge in [-0.1, -0.05) is 29.8 Å². The molecule has 6 rings (SSSR count). The highest BCUT2D eigenvalue weighted by atomic mass is 16.6. The minimum Gasteiger partial charge on any atom is -0.381 e. The smallest absolute Gasteiger partial charge is 0.160 e. The summed E-state index contributed by atoms with van der Waals surface area (Å²) in [6, 6.07) is 9.68. The van der Waals surface area contributed by atoms with E-state index in [1.807, 2.05) is 0 Å². The molecule has 120 valence electrons. The maximum absolute atomic E-state index is 10.8. The van der Waals surface area contributed by atoms with Gasteiger partial charge in [0.05, 0.1) is 6.61 Å². The average Bonchev–Trinajstić information content (AvgIpc) is 3.06. The first-order valence-electron chi connectivity index (χ1n) is 8.88. The fraction of sp³-hybridized carbons (Fsp3) is 0.579. The SMILES string of the molecule is O[C@H]1OCC=C2CN3CC[C@]45c6ccccc6N[C@H]4[C@H]1[C@H]2C[C@H]35. The molecule has 2 saturated heterocycles. The number of nitrogens with zero attached hydrogens (tertiary/aromatic N) is 1. The fourth-order valence-electron chi connectivity index (χ4n) is 6.45. The molecule has 2 bridgehead atoms. The zero-order valence-corrected chi connectivity index (χ0v) is 13.1.